The Morgan fingerprint density at radius 1 is 1.30 bits per heavy atom. The maximum absolute atomic E-state index is 12.7. The molecule has 1 aliphatic heterocycles. The fraction of sp³-hybridized carbons (Fsp3) is 0.500. The maximum atomic E-state index is 12.7. The Morgan fingerprint density at radius 3 is 2.70 bits per heavy atom. The van der Waals surface area contributed by atoms with E-state index < -0.39 is 5.60 Å². The van der Waals surface area contributed by atoms with Crippen molar-refractivity contribution in [1.29, 1.82) is 0 Å². The number of carbonyl (C=O) groups is 2. The molecule has 0 radical (unpaired) electrons. The first-order valence-electron chi connectivity index (χ1n) is 10.1. The maximum Gasteiger partial charge on any atom is 0.407 e. The molecule has 2 heterocycles. The molecule has 1 fully saturated rings. The van der Waals surface area contributed by atoms with Gasteiger partial charge in [-0.05, 0) is 51.7 Å². The van der Waals surface area contributed by atoms with E-state index in [0.29, 0.717) is 32.0 Å². The Labute approximate surface area is 190 Å². The van der Waals surface area contributed by atoms with Crippen LogP contribution in [-0.4, -0.2) is 47.1 Å². The van der Waals surface area contributed by atoms with Gasteiger partial charge in [0.1, 0.15) is 10.6 Å². The quantitative estimate of drug-likeness (QED) is 0.644. The summed E-state index contributed by atoms with van der Waals surface area (Å²) in [4.78, 5) is 31.0. The summed E-state index contributed by atoms with van der Waals surface area (Å²) in [6.45, 7) is 7.55. The van der Waals surface area contributed by atoms with E-state index in [2.05, 4.69) is 26.2 Å². The van der Waals surface area contributed by atoms with Gasteiger partial charge in [0, 0.05) is 35.1 Å². The SMILES string of the molecule is CC(C)(C)OC(=O)NCC1CCN(C(=O)Cc2csc(-c3cccc(Br)c3)n2)CC1. The van der Waals surface area contributed by atoms with Crippen LogP contribution in [0, 0.1) is 5.92 Å². The zero-order valence-electron chi connectivity index (χ0n) is 17.6. The molecule has 2 aromatic rings. The van der Waals surface area contributed by atoms with Gasteiger partial charge in [0.15, 0.2) is 0 Å². The second-order valence-corrected chi connectivity index (χ2v) is 10.3. The van der Waals surface area contributed by atoms with E-state index in [9.17, 15) is 9.59 Å². The molecule has 0 aliphatic carbocycles. The number of hydrogen-bond donors (Lipinski definition) is 1. The standard InChI is InChI=1S/C22H28BrN3O3S/c1-22(2,3)29-21(28)24-13-15-7-9-26(10-8-15)19(27)12-18-14-30-20(25-18)16-5-4-6-17(23)11-16/h4-6,11,14-15H,7-10,12-13H2,1-3H3,(H,24,28). The third-order valence-electron chi connectivity index (χ3n) is 4.86. The number of alkyl carbamates (subject to hydrolysis) is 1. The minimum atomic E-state index is -0.494. The minimum absolute atomic E-state index is 0.111. The number of nitrogens with one attached hydrogen (secondary N) is 1. The van der Waals surface area contributed by atoms with Crippen molar-refractivity contribution in [1.82, 2.24) is 15.2 Å². The van der Waals surface area contributed by atoms with Crippen LogP contribution in [0.25, 0.3) is 10.6 Å². The van der Waals surface area contributed by atoms with E-state index in [0.717, 1.165) is 33.6 Å². The van der Waals surface area contributed by atoms with E-state index >= 15 is 0 Å². The van der Waals surface area contributed by atoms with Crippen molar-refractivity contribution in [3.8, 4) is 10.6 Å². The molecule has 162 valence electrons. The average molecular weight is 494 g/mol. The molecule has 1 saturated heterocycles. The number of aromatic nitrogens is 1. The number of carbonyl (C=O) groups excluding carboxylic acids is 2. The van der Waals surface area contributed by atoms with Gasteiger partial charge in [-0.15, -0.1) is 11.3 Å². The number of halogens is 1. The molecule has 2 amide bonds. The first-order chi connectivity index (χ1) is 14.2. The van der Waals surface area contributed by atoms with Crippen LogP contribution in [0.3, 0.4) is 0 Å². The number of benzene rings is 1. The fourth-order valence-electron chi connectivity index (χ4n) is 3.34. The molecule has 0 atom stereocenters. The number of likely N-dealkylation sites (tertiary alicyclic amines) is 1. The normalized spacial score (nSPS) is 15.1. The Morgan fingerprint density at radius 2 is 2.03 bits per heavy atom. The van der Waals surface area contributed by atoms with Gasteiger partial charge in [0.2, 0.25) is 5.91 Å². The highest BCUT2D eigenvalue weighted by atomic mass is 79.9. The van der Waals surface area contributed by atoms with Crippen molar-refractivity contribution in [2.75, 3.05) is 19.6 Å². The molecule has 30 heavy (non-hydrogen) atoms. The number of nitrogens with zero attached hydrogens (tertiary/aromatic N) is 2. The topological polar surface area (TPSA) is 71.5 Å². The summed E-state index contributed by atoms with van der Waals surface area (Å²) in [5, 5.41) is 5.72. The van der Waals surface area contributed by atoms with Crippen LogP contribution >= 0.6 is 27.3 Å². The van der Waals surface area contributed by atoms with E-state index in [1.807, 2.05) is 55.3 Å². The summed E-state index contributed by atoms with van der Waals surface area (Å²) >= 11 is 5.04. The molecule has 0 spiro atoms. The van der Waals surface area contributed by atoms with Crippen LogP contribution in [0.15, 0.2) is 34.1 Å². The molecule has 6 nitrogen and oxygen atoms in total. The highest BCUT2D eigenvalue weighted by Crippen LogP contribution is 2.27. The van der Waals surface area contributed by atoms with Crippen LogP contribution < -0.4 is 5.32 Å². The van der Waals surface area contributed by atoms with Crippen LogP contribution in [0.2, 0.25) is 0 Å². The smallest absolute Gasteiger partial charge is 0.407 e. The third kappa shape index (κ3) is 6.80. The lowest BCUT2D eigenvalue weighted by molar-refractivity contribution is -0.131. The van der Waals surface area contributed by atoms with Crippen molar-refractivity contribution in [3.63, 3.8) is 0 Å². The number of ether oxygens (including phenoxy) is 1. The number of thiazole rings is 1. The lowest BCUT2D eigenvalue weighted by Gasteiger charge is -2.32. The molecule has 3 rings (SSSR count). The van der Waals surface area contributed by atoms with E-state index in [-0.39, 0.29) is 12.0 Å². The Hall–Kier alpha value is -1.93. The van der Waals surface area contributed by atoms with Crippen LogP contribution in [0.1, 0.15) is 39.3 Å². The highest BCUT2D eigenvalue weighted by molar-refractivity contribution is 9.10. The van der Waals surface area contributed by atoms with Crippen molar-refractivity contribution >= 4 is 39.3 Å². The van der Waals surface area contributed by atoms with Gasteiger partial charge < -0.3 is 15.0 Å². The largest absolute Gasteiger partial charge is 0.444 e. The van der Waals surface area contributed by atoms with Crippen LogP contribution in [0.5, 0.6) is 0 Å². The summed E-state index contributed by atoms with van der Waals surface area (Å²) in [6.07, 6.45) is 1.69. The van der Waals surface area contributed by atoms with Crippen LogP contribution in [0.4, 0.5) is 4.79 Å². The molecule has 0 unspecified atom stereocenters. The number of rotatable bonds is 5. The molecule has 1 aromatic carbocycles. The summed E-state index contributed by atoms with van der Waals surface area (Å²) < 4.78 is 6.28. The molecular formula is C22H28BrN3O3S. The number of amides is 2. The Kier molecular flexibility index (Phi) is 7.52. The van der Waals surface area contributed by atoms with E-state index in [1.165, 1.54) is 0 Å². The van der Waals surface area contributed by atoms with Crippen molar-refractivity contribution < 1.29 is 14.3 Å². The Bertz CT molecular complexity index is 886. The van der Waals surface area contributed by atoms with Crippen molar-refractivity contribution in [2.24, 2.45) is 5.92 Å². The molecule has 8 heteroatoms. The molecule has 1 aromatic heterocycles. The summed E-state index contributed by atoms with van der Waals surface area (Å²) in [5.41, 5.74) is 1.37. The second kappa shape index (κ2) is 9.92. The van der Waals surface area contributed by atoms with Crippen LogP contribution in [-0.2, 0) is 16.0 Å². The molecule has 1 aliphatic rings. The molecule has 1 N–H and O–H groups in total. The van der Waals surface area contributed by atoms with Gasteiger partial charge in [0.25, 0.3) is 0 Å². The minimum Gasteiger partial charge on any atom is -0.444 e. The van der Waals surface area contributed by atoms with E-state index in [1.54, 1.807) is 11.3 Å². The monoisotopic (exact) mass is 493 g/mol. The first-order valence-corrected chi connectivity index (χ1v) is 11.8. The highest BCUT2D eigenvalue weighted by Gasteiger charge is 2.24. The second-order valence-electron chi connectivity index (χ2n) is 8.54. The summed E-state index contributed by atoms with van der Waals surface area (Å²) in [7, 11) is 0. The van der Waals surface area contributed by atoms with Gasteiger partial charge in [-0.1, -0.05) is 28.1 Å². The lowest BCUT2D eigenvalue weighted by Crippen LogP contribution is -2.42. The first kappa shape index (κ1) is 22.7. The number of hydrogen-bond acceptors (Lipinski definition) is 5. The summed E-state index contributed by atoms with van der Waals surface area (Å²) in [5.74, 6) is 0.476. The number of piperidine rings is 1. The lowest BCUT2D eigenvalue weighted by atomic mass is 9.96. The Balaban J connectivity index is 1.44. The van der Waals surface area contributed by atoms with Gasteiger partial charge in [0.05, 0.1) is 12.1 Å². The zero-order valence-corrected chi connectivity index (χ0v) is 20.0. The predicted octanol–water partition coefficient (Wildman–Crippen LogP) is 4.88. The van der Waals surface area contributed by atoms with Gasteiger partial charge in [-0.2, -0.15) is 0 Å². The molecular weight excluding hydrogens is 466 g/mol. The predicted molar refractivity (Wildman–Crippen MR) is 122 cm³/mol. The fourth-order valence-corrected chi connectivity index (χ4v) is 4.55. The van der Waals surface area contributed by atoms with Gasteiger partial charge in [-0.25, -0.2) is 9.78 Å². The molecule has 0 saturated carbocycles. The summed E-state index contributed by atoms with van der Waals surface area (Å²) in [6, 6.07) is 8.01. The average Bonchev–Trinajstić information content (AvgIpc) is 3.14. The van der Waals surface area contributed by atoms with Crippen molar-refractivity contribution in [3.05, 3.63) is 39.8 Å². The van der Waals surface area contributed by atoms with E-state index in [4.69, 9.17) is 4.74 Å². The van der Waals surface area contributed by atoms with Gasteiger partial charge >= 0.3 is 6.09 Å². The molecule has 0 bridgehead atoms. The third-order valence-corrected chi connectivity index (χ3v) is 6.29. The zero-order chi connectivity index (χ0) is 21.7. The van der Waals surface area contributed by atoms with Crippen molar-refractivity contribution in [2.45, 2.75) is 45.6 Å². The van der Waals surface area contributed by atoms with Gasteiger partial charge in [-0.3, -0.25) is 4.79 Å².